The number of hydrogen-bond acceptors (Lipinski definition) is 2. The maximum Gasteiger partial charge on any atom is 0.0585 e. The highest BCUT2D eigenvalue weighted by Gasteiger charge is 2.12. The van der Waals surface area contributed by atoms with Gasteiger partial charge in [-0.3, -0.25) is 0 Å². The summed E-state index contributed by atoms with van der Waals surface area (Å²) in [6.07, 6.45) is 0.859. The number of aliphatic hydroxyl groups is 1. The quantitative estimate of drug-likeness (QED) is 0.664. The summed E-state index contributed by atoms with van der Waals surface area (Å²) in [7, 11) is 0. The Balaban J connectivity index is 3.43. The Morgan fingerprint density at radius 2 is 1.82 bits per heavy atom. The summed E-state index contributed by atoms with van der Waals surface area (Å²) < 4.78 is 5.37. The summed E-state index contributed by atoms with van der Waals surface area (Å²) >= 11 is 0. The van der Waals surface area contributed by atoms with Gasteiger partial charge in [0.15, 0.2) is 0 Å². The first-order valence-electron chi connectivity index (χ1n) is 4.37. The lowest BCUT2D eigenvalue weighted by molar-refractivity contribution is 0.00797. The average molecular weight is 160 g/mol. The maximum atomic E-state index is 9.36. The zero-order valence-corrected chi connectivity index (χ0v) is 8.00. The Morgan fingerprint density at radius 1 is 1.27 bits per heavy atom. The molecule has 0 heterocycles. The van der Waals surface area contributed by atoms with Crippen molar-refractivity contribution in [3.05, 3.63) is 0 Å². The van der Waals surface area contributed by atoms with Crippen molar-refractivity contribution in [2.24, 2.45) is 5.92 Å². The van der Waals surface area contributed by atoms with Crippen molar-refractivity contribution in [3.8, 4) is 0 Å². The molecule has 0 rings (SSSR count). The molecule has 0 aromatic heterocycles. The largest absolute Gasteiger partial charge is 0.393 e. The van der Waals surface area contributed by atoms with E-state index in [1.807, 2.05) is 27.7 Å². The van der Waals surface area contributed by atoms with E-state index in [9.17, 15) is 5.11 Å². The molecular formula is C9H20O2. The van der Waals surface area contributed by atoms with Gasteiger partial charge in [-0.05, 0) is 20.3 Å². The standard InChI is InChI=1S/C9H20O2/c1-5-9(10)8(4)6-11-7(2)3/h7-10H,5-6H2,1-4H3. The summed E-state index contributed by atoms with van der Waals surface area (Å²) in [5.74, 6) is 0.252. The number of hydrogen-bond donors (Lipinski definition) is 1. The summed E-state index contributed by atoms with van der Waals surface area (Å²) in [4.78, 5) is 0. The summed E-state index contributed by atoms with van der Waals surface area (Å²) in [6.45, 7) is 8.66. The van der Waals surface area contributed by atoms with Crippen molar-refractivity contribution in [1.29, 1.82) is 0 Å². The van der Waals surface area contributed by atoms with E-state index in [2.05, 4.69) is 0 Å². The van der Waals surface area contributed by atoms with E-state index < -0.39 is 0 Å². The lowest BCUT2D eigenvalue weighted by Crippen LogP contribution is -2.22. The van der Waals surface area contributed by atoms with Crippen molar-refractivity contribution < 1.29 is 9.84 Å². The van der Waals surface area contributed by atoms with Gasteiger partial charge in [-0.25, -0.2) is 0 Å². The van der Waals surface area contributed by atoms with Crippen LogP contribution in [0.2, 0.25) is 0 Å². The Bertz CT molecular complexity index is 91.6. The van der Waals surface area contributed by atoms with Crippen LogP contribution in [0, 0.1) is 5.92 Å². The molecule has 0 aromatic rings. The molecule has 68 valence electrons. The van der Waals surface area contributed by atoms with Gasteiger partial charge in [-0.2, -0.15) is 0 Å². The van der Waals surface area contributed by atoms with E-state index >= 15 is 0 Å². The highest BCUT2D eigenvalue weighted by molar-refractivity contribution is 4.61. The minimum Gasteiger partial charge on any atom is -0.393 e. The molecule has 0 aliphatic rings. The van der Waals surface area contributed by atoms with Crippen LogP contribution in [0.4, 0.5) is 0 Å². The van der Waals surface area contributed by atoms with Crippen LogP contribution in [0.25, 0.3) is 0 Å². The Labute approximate surface area is 69.6 Å². The smallest absolute Gasteiger partial charge is 0.0585 e. The van der Waals surface area contributed by atoms with Gasteiger partial charge in [0.2, 0.25) is 0 Å². The zero-order valence-electron chi connectivity index (χ0n) is 8.00. The van der Waals surface area contributed by atoms with Gasteiger partial charge in [0.25, 0.3) is 0 Å². The van der Waals surface area contributed by atoms with E-state index in [0.717, 1.165) is 6.42 Å². The Kier molecular flexibility index (Phi) is 5.51. The molecule has 11 heavy (non-hydrogen) atoms. The molecule has 1 N–H and O–H groups in total. The second-order valence-corrected chi connectivity index (χ2v) is 3.33. The molecule has 0 amide bonds. The van der Waals surface area contributed by atoms with Crippen LogP contribution in [0.5, 0.6) is 0 Å². The zero-order chi connectivity index (χ0) is 8.85. The molecule has 0 aliphatic carbocycles. The monoisotopic (exact) mass is 160 g/mol. The third-order valence-corrected chi connectivity index (χ3v) is 1.77. The fourth-order valence-electron chi connectivity index (χ4n) is 0.858. The predicted molar refractivity (Wildman–Crippen MR) is 46.5 cm³/mol. The minimum absolute atomic E-state index is 0.214. The average Bonchev–Trinajstić information content (AvgIpc) is 1.98. The van der Waals surface area contributed by atoms with E-state index in [-0.39, 0.29) is 18.1 Å². The summed E-state index contributed by atoms with van der Waals surface area (Å²) in [5.41, 5.74) is 0. The van der Waals surface area contributed by atoms with Gasteiger partial charge in [-0.1, -0.05) is 13.8 Å². The summed E-state index contributed by atoms with van der Waals surface area (Å²) in [5, 5.41) is 9.36. The maximum absolute atomic E-state index is 9.36. The number of aliphatic hydroxyl groups excluding tert-OH is 1. The normalized spacial score (nSPS) is 16.9. The van der Waals surface area contributed by atoms with Crippen molar-refractivity contribution in [1.82, 2.24) is 0 Å². The Hall–Kier alpha value is -0.0800. The molecule has 0 bridgehead atoms. The van der Waals surface area contributed by atoms with Gasteiger partial charge < -0.3 is 9.84 Å². The molecule has 0 aromatic carbocycles. The fourth-order valence-corrected chi connectivity index (χ4v) is 0.858. The van der Waals surface area contributed by atoms with E-state index in [4.69, 9.17) is 4.74 Å². The lowest BCUT2D eigenvalue weighted by atomic mass is 10.0. The van der Waals surface area contributed by atoms with Gasteiger partial charge in [-0.15, -0.1) is 0 Å². The van der Waals surface area contributed by atoms with Crippen molar-refractivity contribution in [2.45, 2.75) is 46.3 Å². The Morgan fingerprint density at radius 3 is 2.18 bits per heavy atom. The molecule has 0 spiro atoms. The topological polar surface area (TPSA) is 29.5 Å². The van der Waals surface area contributed by atoms with E-state index in [0.29, 0.717) is 6.61 Å². The van der Waals surface area contributed by atoms with Crippen LogP contribution < -0.4 is 0 Å². The van der Waals surface area contributed by atoms with Gasteiger partial charge in [0.1, 0.15) is 0 Å². The number of rotatable bonds is 5. The third-order valence-electron chi connectivity index (χ3n) is 1.77. The first-order valence-corrected chi connectivity index (χ1v) is 4.37. The minimum atomic E-state index is -0.214. The van der Waals surface area contributed by atoms with Gasteiger partial charge >= 0.3 is 0 Å². The molecule has 0 saturated heterocycles. The highest BCUT2D eigenvalue weighted by Crippen LogP contribution is 2.07. The van der Waals surface area contributed by atoms with Crippen LogP contribution in [-0.4, -0.2) is 23.9 Å². The van der Waals surface area contributed by atoms with Crippen molar-refractivity contribution >= 4 is 0 Å². The molecule has 2 nitrogen and oxygen atoms in total. The number of ether oxygens (including phenoxy) is 1. The van der Waals surface area contributed by atoms with Crippen LogP contribution in [0.15, 0.2) is 0 Å². The molecule has 0 radical (unpaired) electrons. The first kappa shape index (κ1) is 10.9. The van der Waals surface area contributed by atoms with Crippen LogP contribution in [0.1, 0.15) is 34.1 Å². The lowest BCUT2D eigenvalue weighted by Gasteiger charge is -2.18. The molecule has 0 aliphatic heterocycles. The second kappa shape index (κ2) is 5.56. The van der Waals surface area contributed by atoms with Crippen molar-refractivity contribution in [2.75, 3.05) is 6.61 Å². The molecule has 0 saturated carbocycles. The second-order valence-electron chi connectivity index (χ2n) is 3.33. The van der Waals surface area contributed by atoms with Gasteiger partial charge in [0.05, 0.1) is 18.8 Å². The van der Waals surface area contributed by atoms with Crippen LogP contribution in [0.3, 0.4) is 0 Å². The fraction of sp³-hybridized carbons (Fsp3) is 1.00. The van der Waals surface area contributed by atoms with Crippen LogP contribution in [-0.2, 0) is 4.74 Å². The SMILES string of the molecule is CCC(O)C(C)COC(C)C. The molecule has 0 fully saturated rings. The molecule has 2 heteroatoms. The molecule has 2 unspecified atom stereocenters. The molecular weight excluding hydrogens is 140 g/mol. The summed E-state index contributed by atoms with van der Waals surface area (Å²) in [6, 6.07) is 0. The van der Waals surface area contributed by atoms with Crippen LogP contribution >= 0.6 is 0 Å². The van der Waals surface area contributed by atoms with E-state index in [1.165, 1.54) is 0 Å². The van der Waals surface area contributed by atoms with Gasteiger partial charge in [0, 0.05) is 5.92 Å². The molecule has 2 atom stereocenters. The first-order chi connectivity index (χ1) is 5.07. The van der Waals surface area contributed by atoms with E-state index in [1.54, 1.807) is 0 Å². The highest BCUT2D eigenvalue weighted by atomic mass is 16.5. The predicted octanol–water partition coefficient (Wildman–Crippen LogP) is 1.82. The van der Waals surface area contributed by atoms with Crippen molar-refractivity contribution in [3.63, 3.8) is 0 Å². The third kappa shape index (κ3) is 5.22.